The van der Waals surface area contributed by atoms with E-state index >= 15 is 0 Å². The first-order valence-corrected chi connectivity index (χ1v) is 19.3. The molecule has 50 heavy (non-hydrogen) atoms. The zero-order valence-electron chi connectivity index (χ0n) is 32.3. The number of benzene rings is 5. The molecule has 1 fully saturated rings. The van der Waals surface area contributed by atoms with E-state index in [2.05, 4.69) is 221 Å². The van der Waals surface area contributed by atoms with Crippen LogP contribution in [0.4, 0.5) is 0 Å². The smallest absolute Gasteiger partial charge is 0.0192 e. The van der Waals surface area contributed by atoms with Gasteiger partial charge >= 0.3 is 0 Å². The van der Waals surface area contributed by atoms with Gasteiger partial charge in [-0.25, -0.2) is 0 Å². The summed E-state index contributed by atoms with van der Waals surface area (Å²) < 4.78 is 0. The van der Waals surface area contributed by atoms with E-state index in [0.29, 0.717) is 0 Å². The molecule has 0 atom stereocenters. The van der Waals surface area contributed by atoms with Crippen LogP contribution in [-0.4, -0.2) is 0 Å². The Morgan fingerprint density at radius 3 is 0.440 bits per heavy atom. The van der Waals surface area contributed by atoms with Crippen LogP contribution in [0, 0.1) is 29.6 Å². The van der Waals surface area contributed by atoms with Crippen LogP contribution in [0.2, 0.25) is 0 Å². The quantitative estimate of drug-likeness (QED) is 0.140. The fourth-order valence-corrected chi connectivity index (χ4v) is 13.6. The third-order valence-electron chi connectivity index (χ3n) is 13.6. The molecule has 1 saturated carbocycles. The van der Waals surface area contributed by atoms with Gasteiger partial charge in [0, 0.05) is 27.1 Å². The van der Waals surface area contributed by atoms with Crippen molar-refractivity contribution in [2.45, 2.75) is 96.3 Å². The number of hydrogen-bond acceptors (Lipinski definition) is 0. The summed E-state index contributed by atoms with van der Waals surface area (Å²) in [7, 11) is 0. The average molecular weight is 661 g/mol. The maximum atomic E-state index is 2.56. The SMILES string of the molecule is CC(C)C1(c2ccccc2)C(c2ccccc2)(C(C)C)C(c2ccccc2)(C(C)C)C(c2ccccc2)(C(C)C)C1(c1ccccc1)C(C)C. The van der Waals surface area contributed by atoms with E-state index < -0.39 is 27.1 Å². The lowest BCUT2D eigenvalue weighted by molar-refractivity contribution is 0.0149. The molecule has 0 spiro atoms. The van der Waals surface area contributed by atoms with Crippen LogP contribution < -0.4 is 0 Å². The third-order valence-corrected chi connectivity index (χ3v) is 13.6. The van der Waals surface area contributed by atoms with E-state index in [4.69, 9.17) is 0 Å². The molecule has 5 aromatic rings. The summed E-state index contributed by atoms with van der Waals surface area (Å²) in [6.07, 6.45) is 0. The molecule has 0 saturated heterocycles. The highest BCUT2D eigenvalue weighted by atomic mass is 14.9. The first-order valence-electron chi connectivity index (χ1n) is 19.3. The van der Waals surface area contributed by atoms with E-state index in [0.717, 1.165) is 0 Å². The van der Waals surface area contributed by atoms with Gasteiger partial charge in [0.05, 0.1) is 0 Å². The van der Waals surface area contributed by atoms with Crippen molar-refractivity contribution in [1.82, 2.24) is 0 Å². The Hall–Kier alpha value is -3.90. The lowest BCUT2D eigenvalue weighted by Crippen LogP contribution is -2.66. The van der Waals surface area contributed by atoms with Gasteiger partial charge in [0.25, 0.3) is 0 Å². The van der Waals surface area contributed by atoms with Gasteiger partial charge in [-0.05, 0) is 57.4 Å². The van der Waals surface area contributed by atoms with Crippen molar-refractivity contribution < 1.29 is 0 Å². The highest BCUT2D eigenvalue weighted by Gasteiger charge is 2.90. The van der Waals surface area contributed by atoms with Crippen LogP contribution in [0.5, 0.6) is 0 Å². The fourth-order valence-electron chi connectivity index (χ4n) is 13.6. The maximum Gasteiger partial charge on any atom is 0.0192 e. The van der Waals surface area contributed by atoms with Gasteiger partial charge in [0.2, 0.25) is 0 Å². The molecule has 0 radical (unpaired) electrons. The molecule has 0 heterocycles. The van der Waals surface area contributed by atoms with Crippen LogP contribution in [0.25, 0.3) is 0 Å². The van der Waals surface area contributed by atoms with Crippen LogP contribution in [0.1, 0.15) is 97.1 Å². The molecule has 0 N–H and O–H groups in total. The van der Waals surface area contributed by atoms with E-state index in [1.165, 1.54) is 27.8 Å². The predicted octanol–water partition coefficient (Wildman–Crippen LogP) is 13.0. The molecule has 0 amide bonds. The molecule has 0 aromatic heterocycles. The lowest BCUT2D eigenvalue weighted by atomic mass is 9.38. The summed E-state index contributed by atoms with van der Waals surface area (Å²) in [5, 5.41) is 0. The van der Waals surface area contributed by atoms with Gasteiger partial charge in [0.15, 0.2) is 0 Å². The van der Waals surface area contributed by atoms with E-state index in [9.17, 15) is 0 Å². The van der Waals surface area contributed by atoms with Gasteiger partial charge < -0.3 is 0 Å². The van der Waals surface area contributed by atoms with Crippen molar-refractivity contribution in [1.29, 1.82) is 0 Å². The summed E-state index contributed by atoms with van der Waals surface area (Å²) >= 11 is 0. The molecule has 260 valence electrons. The molecular formula is C50H60. The molecule has 0 unspecified atom stereocenters. The molecule has 0 bridgehead atoms. The predicted molar refractivity (Wildman–Crippen MR) is 215 cm³/mol. The van der Waals surface area contributed by atoms with Crippen LogP contribution >= 0.6 is 0 Å². The van der Waals surface area contributed by atoms with Gasteiger partial charge in [0.1, 0.15) is 0 Å². The largest absolute Gasteiger partial charge is 0.0622 e. The molecule has 0 aliphatic heterocycles. The van der Waals surface area contributed by atoms with Crippen molar-refractivity contribution >= 4 is 0 Å². The molecule has 1 aliphatic rings. The highest BCUT2D eigenvalue weighted by Crippen LogP contribution is 2.87. The monoisotopic (exact) mass is 660 g/mol. The second-order valence-electron chi connectivity index (χ2n) is 16.6. The third kappa shape index (κ3) is 4.11. The molecule has 0 nitrogen and oxygen atoms in total. The Labute approximate surface area is 304 Å². The minimum Gasteiger partial charge on any atom is -0.0622 e. The molecule has 1 aliphatic carbocycles. The maximum absolute atomic E-state index is 2.56. The molecule has 0 heteroatoms. The average Bonchev–Trinajstić information content (AvgIpc) is 3.35. The second kappa shape index (κ2) is 13.3. The molecular weight excluding hydrogens is 601 g/mol. The normalized spacial score (nSPS) is 28.3. The number of rotatable bonds is 10. The minimum atomic E-state index is -0.396. The lowest BCUT2D eigenvalue weighted by Gasteiger charge is -2.64. The van der Waals surface area contributed by atoms with Crippen LogP contribution in [-0.2, 0) is 27.1 Å². The second-order valence-corrected chi connectivity index (χ2v) is 16.6. The molecule has 5 aromatic carbocycles. The van der Waals surface area contributed by atoms with Gasteiger partial charge in [-0.2, -0.15) is 0 Å². The van der Waals surface area contributed by atoms with Gasteiger partial charge in [-0.15, -0.1) is 0 Å². The van der Waals surface area contributed by atoms with Crippen LogP contribution in [0.15, 0.2) is 152 Å². The van der Waals surface area contributed by atoms with Crippen LogP contribution in [0.3, 0.4) is 0 Å². The summed E-state index contributed by atoms with van der Waals surface area (Å²) in [5.74, 6) is 1.26. The summed E-state index contributed by atoms with van der Waals surface area (Å²) in [6.45, 7) is 25.6. The first-order chi connectivity index (χ1) is 24.0. The van der Waals surface area contributed by atoms with Crippen molar-refractivity contribution in [2.24, 2.45) is 29.6 Å². The minimum absolute atomic E-state index is 0.251. The van der Waals surface area contributed by atoms with E-state index in [1.807, 2.05) is 0 Å². The zero-order valence-corrected chi connectivity index (χ0v) is 32.3. The Morgan fingerprint density at radius 1 is 0.220 bits per heavy atom. The first kappa shape index (κ1) is 35.9. The highest BCUT2D eigenvalue weighted by molar-refractivity contribution is 5.68. The Bertz CT molecular complexity index is 1480. The van der Waals surface area contributed by atoms with Crippen molar-refractivity contribution in [3.8, 4) is 0 Å². The fraction of sp³-hybridized carbons (Fsp3) is 0.400. The van der Waals surface area contributed by atoms with Crippen molar-refractivity contribution in [3.05, 3.63) is 179 Å². The summed E-state index contributed by atoms with van der Waals surface area (Å²) in [5.41, 5.74) is 5.26. The summed E-state index contributed by atoms with van der Waals surface area (Å²) in [4.78, 5) is 0. The van der Waals surface area contributed by atoms with E-state index in [-0.39, 0.29) is 29.6 Å². The number of hydrogen-bond donors (Lipinski definition) is 0. The van der Waals surface area contributed by atoms with E-state index in [1.54, 1.807) is 0 Å². The Kier molecular flexibility index (Phi) is 9.58. The topological polar surface area (TPSA) is 0 Å². The van der Waals surface area contributed by atoms with Crippen molar-refractivity contribution in [3.63, 3.8) is 0 Å². The van der Waals surface area contributed by atoms with Crippen molar-refractivity contribution in [2.75, 3.05) is 0 Å². The van der Waals surface area contributed by atoms with Gasteiger partial charge in [-0.1, -0.05) is 221 Å². The Balaban J connectivity index is 2.17. The van der Waals surface area contributed by atoms with Gasteiger partial charge in [-0.3, -0.25) is 0 Å². The zero-order chi connectivity index (χ0) is 36.0. The Morgan fingerprint density at radius 2 is 0.340 bits per heavy atom. The molecule has 6 rings (SSSR count). The standard InChI is InChI=1S/C50H60/c1-36(2)46(41-26-16-11-17-27-41)47(37(3)4,42-28-18-12-19-29-42)49(39(7)8,44-32-22-14-23-33-44)50(40(9)10,45-34-24-15-25-35-45)48(46,38(5)6)43-30-20-13-21-31-43/h11-40H,1-10H3. The summed E-state index contributed by atoms with van der Waals surface area (Å²) in [6, 6.07) is 59.1.